The van der Waals surface area contributed by atoms with Gasteiger partial charge in [0.05, 0.1) is 23.7 Å². The zero-order valence-corrected chi connectivity index (χ0v) is 18.4. The highest BCUT2D eigenvalue weighted by atomic mass is 35.5. The minimum Gasteiger partial charge on any atom is -0.462 e. The van der Waals surface area contributed by atoms with Gasteiger partial charge in [-0.05, 0) is 50.0 Å². The first-order valence-corrected chi connectivity index (χ1v) is 11.2. The SMILES string of the molecule is CCN1C[C@]2(C)CC[C@H](OC)[C@@]34[C@@H]5C[C@@H]6CC[C@](O)(C([C@@H](O)[C@@H]23)[C@@H]14)[C@H]5C(=O)O6.Cl. The number of piperidine rings is 1. The van der Waals surface area contributed by atoms with Crippen molar-refractivity contribution in [3.05, 3.63) is 0 Å². The lowest BCUT2D eigenvalue weighted by Crippen LogP contribution is -2.76. The number of methoxy groups -OCH3 is 1. The third-order valence-electron chi connectivity index (χ3n) is 10.1. The van der Waals surface area contributed by atoms with E-state index in [9.17, 15) is 15.0 Å². The lowest BCUT2D eigenvalue weighted by Gasteiger charge is -2.69. The number of rotatable bonds is 2. The second-order valence-electron chi connectivity index (χ2n) is 10.8. The van der Waals surface area contributed by atoms with Crippen LogP contribution >= 0.6 is 12.4 Å². The number of esters is 1. The van der Waals surface area contributed by atoms with Crippen molar-refractivity contribution < 1.29 is 24.5 Å². The largest absolute Gasteiger partial charge is 0.462 e. The molecule has 0 aromatic rings. The van der Waals surface area contributed by atoms with Crippen LogP contribution < -0.4 is 0 Å². The molecule has 3 saturated heterocycles. The fourth-order valence-electron chi connectivity index (χ4n) is 9.64. The van der Waals surface area contributed by atoms with Crippen molar-refractivity contribution >= 4 is 18.4 Å². The van der Waals surface area contributed by atoms with Gasteiger partial charge in [0.1, 0.15) is 6.10 Å². The fraction of sp³-hybridized carbons (Fsp3) is 0.955. The Morgan fingerprint density at radius 1 is 1.31 bits per heavy atom. The Balaban J connectivity index is 0.00000181. The number of carbonyl (C=O) groups excluding carboxylic acids is 1. The van der Waals surface area contributed by atoms with Crippen LogP contribution in [0.5, 0.6) is 0 Å². The summed E-state index contributed by atoms with van der Waals surface area (Å²) in [5.41, 5.74) is -1.46. The van der Waals surface area contributed by atoms with Gasteiger partial charge < -0.3 is 19.7 Å². The average molecular weight is 428 g/mol. The monoisotopic (exact) mass is 427 g/mol. The first-order chi connectivity index (χ1) is 13.3. The van der Waals surface area contributed by atoms with E-state index in [2.05, 4.69) is 18.7 Å². The minimum absolute atomic E-state index is 0. The summed E-state index contributed by atoms with van der Waals surface area (Å²) in [6.45, 7) is 6.38. The third kappa shape index (κ3) is 2.02. The van der Waals surface area contributed by atoms with E-state index in [1.54, 1.807) is 7.11 Å². The van der Waals surface area contributed by atoms with Crippen LogP contribution in [0.3, 0.4) is 0 Å². The normalized spacial score (nSPS) is 59.7. The summed E-state index contributed by atoms with van der Waals surface area (Å²) in [5, 5.41) is 23.9. The van der Waals surface area contributed by atoms with Crippen LogP contribution in [-0.2, 0) is 14.3 Å². The summed E-state index contributed by atoms with van der Waals surface area (Å²) in [5.74, 6) is -0.969. The zero-order valence-electron chi connectivity index (χ0n) is 17.5. The maximum absolute atomic E-state index is 13.1. The van der Waals surface area contributed by atoms with Crippen LogP contribution in [0.4, 0.5) is 0 Å². The van der Waals surface area contributed by atoms with Gasteiger partial charge in [-0.2, -0.15) is 0 Å². The highest BCUT2D eigenvalue weighted by Crippen LogP contribution is 2.77. The van der Waals surface area contributed by atoms with Crippen molar-refractivity contribution in [2.45, 2.75) is 75.9 Å². The molecule has 7 heteroatoms. The molecule has 0 aromatic heterocycles. The van der Waals surface area contributed by atoms with Crippen LogP contribution in [0.15, 0.2) is 0 Å². The standard InChI is InChI=1S/C22H33NO5.ClH/c1-4-23-10-20(2)7-6-13(27-3)22-12-9-11-5-8-21(26,14(12)19(25)28-11)15(18(22)23)16(24)17(20)22;/h11-18,24,26H,4-10H2,1-3H3;1H/t11-,12+,13-,14+,15?,16+,17-,18+,20-,21+,22-;/m0./s1. The van der Waals surface area contributed by atoms with E-state index >= 15 is 0 Å². The second-order valence-corrected chi connectivity index (χ2v) is 10.8. The third-order valence-corrected chi connectivity index (χ3v) is 10.1. The highest BCUT2D eigenvalue weighted by Gasteiger charge is 2.84. The number of nitrogens with zero attached hydrogens (tertiary/aromatic N) is 1. The summed E-state index contributed by atoms with van der Waals surface area (Å²) in [4.78, 5) is 15.6. The van der Waals surface area contributed by atoms with Gasteiger partial charge in [-0.15, -0.1) is 12.4 Å². The van der Waals surface area contributed by atoms with Crippen molar-refractivity contribution in [3.8, 4) is 0 Å². The maximum atomic E-state index is 13.1. The molecule has 4 aliphatic carbocycles. The lowest BCUT2D eigenvalue weighted by molar-refractivity contribution is -0.269. The topological polar surface area (TPSA) is 79.2 Å². The molecule has 164 valence electrons. The predicted octanol–water partition coefficient (Wildman–Crippen LogP) is 1.61. The van der Waals surface area contributed by atoms with Gasteiger partial charge in [-0.3, -0.25) is 9.69 Å². The Morgan fingerprint density at radius 2 is 2.07 bits per heavy atom. The van der Waals surface area contributed by atoms with E-state index < -0.39 is 17.6 Å². The Morgan fingerprint density at radius 3 is 2.76 bits per heavy atom. The van der Waals surface area contributed by atoms with Crippen molar-refractivity contribution in [2.24, 2.45) is 34.5 Å². The zero-order chi connectivity index (χ0) is 19.6. The number of ether oxygens (including phenoxy) is 2. The summed E-state index contributed by atoms with van der Waals surface area (Å²) >= 11 is 0. The molecular formula is C22H34ClNO5. The quantitative estimate of drug-likeness (QED) is 0.652. The average Bonchev–Trinajstić information content (AvgIpc) is 2.73. The molecule has 3 aliphatic heterocycles. The Hall–Kier alpha value is -0.400. The maximum Gasteiger partial charge on any atom is 0.312 e. The van der Waals surface area contributed by atoms with E-state index in [0.717, 1.165) is 32.4 Å². The van der Waals surface area contributed by atoms with Crippen molar-refractivity contribution in [1.29, 1.82) is 0 Å². The van der Waals surface area contributed by atoms with E-state index in [1.165, 1.54) is 0 Å². The second kappa shape index (κ2) is 6.10. The molecule has 2 N–H and O–H groups in total. The van der Waals surface area contributed by atoms with Gasteiger partial charge in [-0.1, -0.05) is 13.8 Å². The molecule has 11 atom stereocenters. The molecule has 0 radical (unpaired) electrons. The molecule has 3 heterocycles. The Kier molecular flexibility index (Phi) is 4.31. The van der Waals surface area contributed by atoms with Crippen molar-refractivity contribution in [1.82, 2.24) is 4.90 Å². The highest BCUT2D eigenvalue weighted by molar-refractivity contribution is 5.85. The molecule has 0 aromatic carbocycles. The summed E-state index contributed by atoms with van der Waals surface area (Å²) in [6, 6.07) is 0.0757. The van der Waals surface area contributed by atoms with Crippen LogP contribution in [0, 0.1) is 34.5 Å². The van der Waals surface area contributed by atoms with Gasteiger partial charge in [0, 0.05) is 36.9 Å². The molecule has 1 unspecified atom stereocenters. The minimum atomic E-state index is -1.17. The molecule has 9 bridgehead atoms. The molecule has 7 aliphatic rings. The van der Waals surface area contributed by atoms with E-state index in [-0.39, 0.29) is 65.2 Å². The number of likely N-dealkylation sites (tertiary alicyclic amines) is 1. The molecule has 29 heavy (non-hydrogen) atoms. The van der Waals surface area contributed by atoms with Crippen LogP contribution in [-0.4, -0.2) is 71.2 Å². The molecule has 0 amide bonds. The molecule has 1 spiro atoms. The van der Waals surface area contributed by atoms with Crippen LogP contribution in [0.25, 0.3) is 0 Å². The number of fused-ring (bicyclic) bond motifs is 2. The Labute approximate surface area is 178 Å². The van der Waals surface area contributed by atoms with Gasteiger partial charge in [0.25, 0.3) is 0 Å². The first kappa shape index (κ1) is 20.5. The smallest absolute Gasteiger partial charge is 0.312 e. The van der Waals surface area contributed by atoms with Gasteiger partial charge in [-0.25, -0.2) is 0 Å². The van der Waals surface area contributed by atoms with Crippen LogP contribution in [0.1, 0.15) is 46.0 Å². The summed E-state index contributed by atoms with van der Waals surface area (Å²) < 4.78 is 11.9. The van der Waals surface area contributed by atoms with Crippen molar-refractivity contribution in [3.63, 3.8) is 0 Å². The summed E-state index contributed by atoms with van der Waals surface area (Å²) in [6.07, 6.45) is 3.38. The number of carbonyl (C=O) groups is 1. The number of halogens is 1. The van der Waals surface area contributed by atoms with Crippen molar-refractivity contribution in [2.75, 3.05) is 20.2 Å². The van der Waals surface area contributed by atoms with E-state index in [1.807, 2.05) is 0 Å². The fourth-order valence-corrected chi connectivity index (χ4v) is 9.64. The molecule has 6 nitrogen and oxygen atoms in total. The predicted molar refractivity (Wildman–Crippen MR) is 108 cm³/mol. The van der Waals surface area contributed by atoms with Crippen LogP contribution in [0.2, 0.25) is 0 Å². The lowest BCUT2D eigenvalue weighted by atomic mass is 9.42. The summed E-state index contributed by atoms with van der Waals surface area (Å²) in [7, 11) is 1.79. The molecular weight excluding hydrogens is 394 g/mol. The van der Waals surface area contributed by atoms with E-state index in [0.29, 0.717) is 12.8 Å². The van der Waals surface area contributed by atoms with Gasteiger partial charge >= 0.3 is 5.97 Å². The number of aliphatic hydroxyl groups is 2. The number of hydrogen-bond acceptors (Lipinski definition) is 6. The Bertz CT molecular complexity index is 736. The van der Waals surface area contributed by atoms with E-state index in [4.69, 9.17) is 9.47 Å². The number of hydrogen-bond donors (Lipinski definition) is 2. The van der Waals surface area contributed by atoms with Gasteiger partial charge in [0.2, 0.25) is 0 Å². The molecule has 7 rings (SSSR count). The molecule has 7 fully saturated rings. The number of aliphatic hydroxyl groups excluding tert-OH is 1. The first-order valence-electron chi connectivity index (χ1n) is 11.2. The van der Waals surface area contributed by atoms with Gasteiger partial charge in [0.15, 0.2) is 0 Å². The molecule has 4 saturated carbocycles.